The van der Waals surface area contributed by atoms with Crippen molar-refractivity contribution in [2.24, 2.45) is 0 Å². The van der Waals surface area contributed by atoms with Gasteiger partial charge in [0.15, 0.2) is 0 Å². The molecule has 0 bridgehead atoms. The molecule has 0 aliphatic rings. The normalized spacial score (nSPS) is 10.7. The number of thiazole rings is 1. The van der Waals surface area contributed by atoms with Crippen molar-refractivity contribution in [3.8, 4) is 16.3 Å². The predicted molar refractivity (Wildman–Crippen MR) is 81.1 cm³/mol. The van der Waals surface area contributed by atoms with E-state index in [0.717, 1.165) is 20.8 Å². The van der Waals surface area contributed by atoms with E-state index in [1.807, 2.05) is 12.1 Å². The van der Waals surface area contributed by atoms with Crippen molar-refractivity contribution in [3.63, 3.8) is 0 Å². The van der Waals surface area contributed by atoms with Crippen molar-refractivity contribution in [2.45, 2.75) is 13.8 Å². The summed E-state index contributed by atoms with van der Waals surface area (Å²) in [6.45, 7) is 3.46. The molecule has 0 atom stereocenters. The highest BCUT2D eigenvalue weighted by molar-refractivity contribution is 7.22. The molecule has 20 heavy (non-hydrogen) atoms. The highest BCUT2D eigenvalue weighted by Crippen LogP contribution is 2.35. The zero-order valence-electron chi connectivity index (χ0n) is 11.2. The first-order chi connectivity index (χ1) is 9.63. The quantitative estimate of drug-likeness (QED) is 0.522. The Hall–Kier alpha value is -2.20. The number of esters is 1. The van der Waals surface area contributed by atoms with E-state index in [-0.39, 0.29) is 5.97 Å². The van der Waals surface area contributed by atoms with Gasteiger partial charge in [-0.1, -0.05) is 35.9 Å². The number of hydrogen-bond acceptors (Lipinski definition) is 4. The van der Waals surface area contributed by atoms with Crippen LogP contribution in [0, 0.1) is 6.92 Å². The molecule has 0 aliphatic carbocycles. The van der Waals surface area contributed by atoms with Crippen LogP contribution in [0.15, 0.2) is 42.5 Å². The van der Waals surface area contributed by atoms with Crippen LogP contribution < -0.4 is 4.74 Å². The zero-order valence-corrected chi connectivity index (χ0v) is 12.0. The Morgan fingerprint density at radius 1 is 1.15 bits per heavy atom. The summed E-state index contributed by atoms with van der Waals surface area (Å²) in [7, 11) is 0. The molecular weight excluding hydrogens is 270 g/mol. The number of ether oxygens (including phenoxy) is 1. The third kappa shape index (κ3) is 2.42. The zero-order chi connectivity index (χ0) is 14.1. The van der Waals surface area contributed by atoms with Gasteiger partial charge in [0.25, 0.3) is 0 Å². The predicted octanol–water partition coefficient (Wildman–Crippen LogP) is 4.20. The molecule has 0 unspecified atom stereocenters. The lowest BCUT2D eigenvalue weighted by Gasteiger charge is -2.00. The van der Waals surface area contributed by atoms with Gasteiger partial charge in [0.2, 0.25) is 0 Å². The van der Waals surface area contributed by atoms with E-state index in [1.165, 1.54) is 23.8 Å². The summed E-state index contributed by atoms with van der Waals surface area (Å²) in [5.74, 6) is 0.258. The minimum absolute atomic E-state index is 0.317. The van der Waals surface area contributed by atoms with Gasteiger partial charge in [0.1, 0.15) is 10.8 Å². The summed E-state index contributed by atoms with van der Waals surface area (Å²) in [6, 6.07) is 13.8. The monoisotopic (exact) mass is 283 g/mol. The van der Waals surface area contributed by atoms with Crippen LogP contribution in [-0.4, -0.2) is 11.0 Å². The molecule has 0 amide bonds. The Morgan fingerprint density at radius 2 is 1.90 bits per heavy atom. The molecule has 0 saturated heterocycles. The molecule has 1 heterocycles. The Balaban J connectivity index is 2.10. The molecule has 100 valence electrons. The number of benzene rings is 2. The summed E-state index contributed by atoms with van der Waals surface area (Å²) in [5.41, 5.74) is 3.14. The van der Waals surface area contributed by atoms with E-state index in [4.69, 9.17) is 4.74 Å². The van der Waals surface area contributed by atoms with Crippen LogP contribution in [0.25, 0.3) is 20.8 Å². The van der Waals surface area contributed by atoms with Crippen LogP contribution in [-0.2, 0) is 4.79 Å². The Bertz CT molecular complexity index is 775. The van der Waals surface area contributed by atoms with E-state index >= 15 is 0 Å². The molecule has 3 nitrogen and oxygen atoms in total. The summed E-state index contributed by atoms with van der Waals surface area (Å²) in [5, 5.41) is 0.930. The summed E-state index contributed by atoms with van der Waals surface area (Å²) >= 11 is 1.54. The Kier molecular flexibility index (Phi) is 3.24. The maximum atomic E-state index is 11.1. The van der Waals surface area contributed by atoms with Gasteiger partial charge in [-0.2, -0.15) is 0 Å². The number of rotatable bonds is 2. The van der Waals surface area contributed by atoms with Crippen molar-refractivity contribution in [2.75, 3.05) is 0 Å². The van der Waals surface area contributed by atoms with Gasteiger partial charge in [-0.05, 0) is 19.1 Å². The largest absolute Gasteiger partial charge is 0.425 e. The van der Waals surface area contributed by atoms with E-state index in [0.29, 0.717) is 5.75 Å². The first-order valence-electron chi connectivity index (χ1n) is 6.28. The second kappa shape index (κ2) is 5.06. The smallest absolute Gasteiger partial charge is 0.308 e. The molecular formula is C16H13NO2S. The van der Waals surface area contributed by atoms with Gasteiger partial charge in [0, 0.05) is 12.5 Å². The first kappa shape index (κ1) is 12.8. The van der Waals surface area contributed by atoms with Gasteiger partial charge < -0.3 is 4.74 Å². The number of carbonyl (C=O) groups excluding carboxylic acids is 1. The van der Waals surface area contributed by atoms with Crippen LogP contribution in [0.5, 0.6) is 5.75 Å². The summed E-state index contributed by atoms with van der Waals surface area (Å²) < 4.78 is 6.13. The fourth-order valence-corrected chi connectivity index (χ4v) is 3.00. The minimum atomic E-state index is -0.317. The molecule has 0 fully saturated rings. The minimum Gasteiger partial charge on any atom is -0.425 e. The average Bonchev–Trinajstić information content (AvgIpc) is 2.84. The van der Waals surface area contributed by atoms with Gasteiger partial charge in [-0.3, -0.25) is 4.79 Å². The highest BCUT2D eigenvalue weighted by Gasteiger charge is 2.11. The van der Waals surface area contributed by atoms with Crippen molar-refractivity contribution in [1.29, 1.82) is 0 Å². The van der Waals surface area contributed by atoms with Crippen LogP contribution in [0.2, 0.25) is 0 Å². The molecule has 1 aromatic heterocycles. The van der Waals surface area contributed by atoms with E-state index in [1.54, 1.807) is 6.07 Å². The Labute approximate surface area is 120 Å². The topological polar surface area (TPSA) is 39.2 Å². The fourth-order valence-electron chi connectivity index (χ4n) is 1.98. The fraction of sp³-hybridized carbons (Fsp3) is 0.125. The van der Waals surface area contributed by atoms with Crippen LogP contribution in [0.1, 0.15) is 12.5 Å². The summed E-state index contributed by atoms with van der Waals surface area (Å²) in [6.07, 6.45) is 0. The third-order valence-corrected chi connectivity index (χ3v) is 4.07. The number of fused-ring (bicyclic) bond motifs is 1. The van der Waals surface area contributed by atoms with Crippen molar-refractivity contribution < 1.29 is 9.53 Å². The van der Waals surface area contributed by atoms with Crippen molar-refractivity contribution >= 4 is 27.5 Å². The van der Waals surface area contributed by atoms with E-state index in [2.05, 4.69) is 36.2 Å². The van der Waals surface area contributed by atoms with Crippen LogP contribution in [0.4, 0.5) is 0 Å². The molecule has 0 saturated carbocycles. The van der Waals surface area contributed by atoms with Crippen LogP contribution >= 0.6 is 11.3 Å². The lowest BCUT2D eigenvalue weighted by molar-refractivity contribution is -0.131. The van der Waals surface area contributed by atoms with E-state index < -0.39 is 0 Å². The second-order valence-electron chi connectivity index (χ2n) is 4.58. The van der Waals surface area contributed by atoms with Crippen LogP contribution in [0.3, 0.4) is 0 Å². The van der Waals surface area contributed by atoms with Crippen molar-refractivity contribution in [1.82, 2.24) is 4.98 Å². The number of hydrogen-bond donors (Lipinski definition) is 0. The van der Waals surface area contributed by atoms with Crippen molar-refractivity contribution in [3.05, 3.63) is 48.0 Å². The molecule has 4 heteroatoms. The highest BCUT2D eigenvalue weighted by atomic mass is 32.1. The maximum Gasteiger partial charge on any atom is 0.308 e. The number of nitrogens with zero attached hydrogens (tertiary/aromatic N) is 1. The molecule has 3 rings (SSSR count). The number of aryl methyl sites for hydroxylation is 1. The third-order valence-electron chi connectivity index (χ3n) is 2.93. The lowest BCUT2D eigenvalue weighted by Crippen LogP contribution is -2.00. The molecule has 0 spiro atoms. The van der Waals surface area contributed by atoms with Gasteiger partial charge in [-0.15, -0.1) is 11.3 Å². The molecule has 0 radical (unpaired) electrons. The number of aromatic nitrogens is 1. The van der Waals surface area contributed by atoms with Gasteiger partial charge in [-0.25, -0.2) is 4.98 Å². The molecule has 0 N–H and O–H groups in total. The first-order valence-corrected chi connectivity index (χ1v) is 7.10. The SMILES string of the molecule is CC(=O)Oc1cccc2nc(-c3ccc(C)cc3)sc12. The molecule has 2 aromatic carbocycles. The van der Waals surface area contributed by atoms with E-state index in [9.17, 15) is 4.79 Å². The lowest BCUT2D eigenvalue weighted by atomic mass is 10.2. The second-order valence-corrected chi connectivity index (χ2v) is 5.58. The maximum absolute atomic E-state index is 11.1. The average molecular weight is 283 g/mol. The van der Waals surface area contributed by atoms with Gasteiger partial charge >= 0.3 is 5.97 Å². The summed E-state index contributed by atoms with van der Waals surface area (Å²) in [4.78, 5) is 15.7. The molecule has 3 aromatic rings. The standard InChI is InChI=1S/C16H13NO2S/c1-10-6-8-12(9-7-10)16-17-13-4-3-5-14(15(13)20-16)19-11(2)18/h3-9H,1-2H3. The molecule has 0 aliphatic heterocycles. The Morgan fingerprint density at radius 3 is 2.60 bits per heavy atom. The number of carbonyl (C=O) groups is 1. The van der Waals surface area contributed by atoms with Gasteiger partial charge in [0.05, 0.1) is 10.2 Å².